The van der Waals surface area contributed by atoms with Crippen molar-refractivity contribution < 1.29 is 19.5 Å². The molecule has 1 aliphatic rings. The number of amides is 1. The quantitative estimate of drug-likeness (QED) is 0.732. The number of carboxylic acids is 1. The van der Waals surface area contributed by atoms with Crippen molar-refractivity contribution in [2.75, 3.05) is 13.1 Å². The molecule has 1 aromatic carbocycles. The molecule has 6 heteroatoms. The number of carbonyl (C=O) groups is 3. The maximum atomic E-state index is 12.8. The second kappa shape index (κ2) is 8.69. The number of piperidine rings is 1. The van der Waals surface area contributed by atoms with Gasteiger partial charge in [0.05, 0.1) is 4.88 Å². The molecule has 0 saturated carbocycles. The number of Topliss-reactive ketones (excluding diaryl/α,β-unsaturated/α-hetero) is 1. The lowest BCUT2D eigenvalue weighted by molar-refractivity contribution is 0.0654. The van der Waals surface area contributed by atoms with Crippen LogP contribution >= 0.6 is 11.3 Å². The van der Waals surface area contributed by atoms with Crippen LogP contribution in [0.4, 0.5) is 0 Å². The fourth-order valence-corrected chi connectivity index (χ4v) is 4.39. The average molecular weight is 400 g/mol. The zero-order chi connectivity index (χ0) is 20.3. The highest BCUT2D eigenvalue weighted by molar-refractivity contribution is 7.15. The summed E-state index contributed by atoms with van der Waals surface area (Å²) < 4.78 is 0. The van der Waals surface area contributed by atoms with Gasteiger partial charge in [0.2, 0.25) is 0 Å². The number of rotatable bonds is 6. The molecule has 2 aromatic rings. The molecule has 0 bridgehead atoms. The van der Waals surface area contributed by atoms with Crippen LogP contribution in [0.3, 0.4) is 0 Å². The SMILES string of the molecule is CC(C)Cc1ccc(C(=O)C2CCN(C(=O)c3ccc(C(=O)O)s3)CC2)cc1. The van der Waals surface area contributed by atoms with E-state index in [4.69, 9.17) is 5.11 Å². The molecule has 28 heavy (non-hydrogen) atoms. The van der Waals surface area contributed by atoms with Crippen LogP contribution in [0.25, 0.3) is 0 Å². The maximum absolute atomic E-state index is 12.8. The standard InChI is InChI=1S/C22H25NO4S/c1-14(2)13-15-3-5-16(6-4-15)20(24)17-9-11-23(12-10-17)21(25)18-7-8-19(28-18)22(26)27/h3-8,14,17H,9-13H2,1-2H3,(H,26,27). The van der Waals surface area contributed by atoms with Gasteiger partial charge < -0.3 is 10.0 Å². The lowest BCUT2D eigenvalue weighted by Gasteiger charge is -2.31. The summed E-state index contributed by atoms with van der Waals surface area (Å²) in [4.78, 5) is 38.7. The Labute approximate surface area is 169 Å². The third kappa shape index (κ3) is 4.68. The summed E-state index contributed by atoms with van der Waals surface area (Å²) in [5.41, 5.74) is 1.98. The molecule has 1 saturated heterocycles. The van der Waals surface area contributed by atoms with Gasteiger partial charge >= 0.3 is 5.97 Å². The molecule has 3 rings (SSSR count). The monoisotopic (exact) mass is 399 g/mol. The largest absolute Gasteiger partial charge is 0.477 e. The summed E-state index contributed by atoms with van der Waals surface area (Å²) in [7, 11) is 0. The molecule has 2 heterocycles. The van der Waals surface area contributed by atoms with Gasteiger partial charge in [0.15, 0.2) is 5.78 Å². The number of hydrogen-bond acceptors (Lipinski definition) is 4. The van der Waals surface area contributed by atoms with Gasteiger partial charge in [0, 0.05) is 24.6 Å². The van der Waals surface area contributed by atoms with Gasteiger partial charge in [-0.15, -0.1) is 11.3 Å². The Morgan fingerprint density at radius 3 is 2.18 bits per heavy atom. The van der Waals surface area contributed by atoms with Crippen LogP contribution in [-0.4, -0.2) is 40.8 Å². The molecule has 0 spiro atoms. The van der Waals surface area contributed by atoms with Crippen molar-refractivity contribution in [3.63, 3.8) is 0 Å². The van der Waals surface area contributed by atoms with Gasteiger partial charge in [0.1, 0.15) is 4.88 Å². The van der Waals surface area contributed by atoms with E-state index in [-0.39, 0.29) is 22.5 Å². The predicted octanol–water partition coefficient (Wildman–Crippen LogP) is 4.38. The Morgan fingerprint density at radius 1 is 1.04 bits per heavy atom. The van der Waals surface area contributed by atoms with E-state index < -0.39 is 5.97 Å². The van der Waals surface area contributed by atoms with Crippen LogP contribution in [0.5, 0.6) is 0 Å². The van der Waals surface area contributed by atoms with Crippen LogP contribution in [0.1, 0.15) is 62.0 Å². The Balaban J connectivity index is 1.57. The average Bonchev–Trinajstić information content (AvgIpc) is 3.18. The lowest BCUT2D eigenvalue weighted by atomic mass is 9.88. The van der Waals surface area contributed by atoms with Crippen molar-refractivity contribution >= 4 is 29.0 Å². The predicted molar refractivity (Wildman–Crippen MR) is 109 cm³/mol. The van der Waals surface area contributed by atoms with E-state index in [1.165, 1.54) is 11.6 Å². The minimum Gasteiger partial charge on any atom is -0.477 e. The Morgan fingerprint density at radius 2 is 1.64 bits per heavy atom. The van der Waals surface area contributed by atoms with Gasteiger partial charge in [-0.2, -0.15) is 0 Å². The number of thiophene rings is 1. The topological polar surface area (TPSA) is 74.7 Å². The number of carbonyl (C=O) groups excluding carboxylic acids is 2. The van der Waals surface area contributed by atoms with Crippen LogP contribution < -0.4 is 0 Å². The first-order valence-electron chi connectivity index (χ1n) is 9.60. The molecule has 0 unspecified atom stereocenters. The van der Waals surface area contributed by atoms with Gasteiger partial charge in [0.25, 0.3) is 5.91 Å². The van der Waals surface area contributed by atoms with E-state index in [2.05, 4.69) is 13.8 Å². The van der Waals surface area contributed by atoms with Gasteiger partial charge in [-0.25, -0.2) is 4.79 Å². The van der Waals surface area contributed by atoms with E-state index >= 15 is 0 Å². The third-order valence-corrected chi connectivity index (χ3v) is 6.12. The minimum atomic E-state index is -1.02. The highest BCUT2D eigenvalue weighted by atomic mass is 32.1. The van der Waals surface area contributed by atoms with E-state index in [1.54, 1.807) is 11.0 Å². The van der Waals surface area contributed by atoms with Gasteiger partial charge in [-0.05, 0) is 42.9 Å². The Bertz CT molecular complexity index is 861. The molecule has 1 fully saturated rings. The molecule has 0 atom stereocenters. The summed E-state index contributed by atoms with van der Waals surface area (Å²) in [6, 6.07) is 10.9. The molecule has 148 valence electrons. The molecular weight excluding hydrogens is 374 g/mol. The van der Waals surface area contributed by atoms with E-state index in [9.17, 15) is 14.4 Å². The van der Waals surface area contributed by atoms with Gasteiger partial charge in [-0.1, -0.05) is 38.1 Å². The molecule has 0 aliphatic carbocycles. The van der Waals surface area contributed by atoms with Crippen molar-refractivity contribution in [1.29, 1.82) is 0 Å². The van der Waals surface area contributed by atoms with E-state index in [0.29, 0.717) is 36.7 Å². The number of nitrogens with zero attached hydrogens (tertiary/aromatic N) is 1. The van der Waals surface area contributed by atoms with Gasteiger partial charge in [-0.3, -0.25) is 9.59 Å². The molecule has 1 amide bonds. The maximum Gasteiger partial charge on any atom is 0.345 e. The van der Waals surface area contributed by atoms with Crippen LogP contribution in [0.15, 0.2) is 36.4 Å². The molecule has 5 nitrogen and oxygen atoms in total. The third-order valence-electron chi connectivity index (χ3n) is 5.06. The first-order valence-corrected chi connectivity index (χ1v) is 10.4. The van der Waals surface area contributed by atoms with E-state index in [1.807, 2.05) is 24.3 Å². The smallest absolute Gasteiger partial charge is 0.345 e. The van der Waals surface area contributed by atoms with Crippen LogP contribution in [-0.2, 0) is 6.42 Å². The van der Waals surface area contributed by atoms with Crippen molar-refractivity contribution in [2.24, 2.45) is 11.8 Å². The zero-order valence-electron chi connectivity index (χ0n) is 16.2. The summed E-state index contributed by atoms with van der Waals surface area (Å²) >= 11 is 0.994. The van der Waals surface area contributed by atoms with Crippen molar-refractivity contribution in [1.82, 2.24) is 4.90 Å². The summed E-state index contributed by atoms with van der Waals surface area (Å²) in [6.07, 6.45) is 2.27. The van der Waals surface area contributed by atoms with E-state index in [0.717, 1.165) is 23.3 Å². The summed E-state index contributed by atoms with van der Waals surface area (Å²) in [6.45, 7) is 5.38. The summed E-state index contributed by atoms with van der Waals surface area (Å²) in [5, 5.41) is 9.00. The van der Waals surface area contributed by atoms with Crippen molar-refractivity contribution in [3.05, 3.63) is 57.3 Å². The molecule has 1 aromatic heterocycles. The molecule has 1 N–H and O–H groups in total. The minimum absolute atomic E-state index is 0.0714. The first kappa shape index (κ1) is 20.3. The normalized spacial score (nSPS) is 15.0. The number of likely N-dealkylation sites (tertiary alicyclic amines) is 1. The number of benzene rings is 1. The number of ketones is 1. The van der Waals surface area contributed by atoms with Crippen LogP contribution in [0.2, 0.25) is 0 Å². The first-order chi connectivity index (χ1) is 13.3. The molecular formula is C22H25NO4S. The molecule has 1 aliphatic heterocycles. The lowest BCUT2D eigenvalue weighted by Crippen LogP contribution is -2.40. The fourth-order valence-electron chi connectivity index (χ4n) is 3.58. The number of hydrogen-bond donors (Lipinski definition) is 1. The highest BCUT2D eigenvalue weighted by Gasteiger charge is 2.29. The number of carboxylic acid groups (broad SMARTS) is 1. The second-order valence-electron chi connectivity index (χ2n) is 7.69. The van der Waals surface area contributed by atoms with Crippen molar-refractivity contribution in [3.8, 4) is 0 Å². The van der Waals surface area contributed by atoms with Crippen LogP contribution in [0, 0.1) is 11.8 Å². The van der Waals surface area contributed by atoms with Crippen molar-refractivity contribution in [2.45, 2.75) is 33.1 Å². The number of aromatic carboxylic acids is 1. The summed E-state index contributed by atoms with van der Waals surface area (Å²) in [5.74, 6) is -0.516. The second-order valence-corrected chi connectivity index (χ2v) is 8.78. The fraction of sp³-hybridized carbons (Fsp3) is 0.409. The Kier molecular flexibility index (Phi) is 6.29. The highest BCUT2D eigenvalue weighted by Crippen LogP contribution is 2.25. The molecule has 0 radical (unpaired) electrons. The Hall–Kier alpha value is -2.47. The zero-order valence-corrected chi connectivity index (χ0v) is 17.0.